The molecule has 0 saturated carbocycles. The fourth-order valence-corrected chi connectivity index (χ4v) is 4.04. The molecule has 0 bridgehead atoms. The molecule has 3 rings (SSSR count). The third kappa shape index (κ3) is 4.35. The van der Waals surface area contributed by atoms with Crippen LogP contribution >= 0.6 is 23.1 Å². The molecule has 0 atom stereocenters. The van der Waals surface area contributed by atoms with E-state index in [1.54, 1.807) is 11.8 Å². The van der Waals surface area contributed by atoms with E-state index < -0.39 is 0 Å². The number of anilines is 1. The molecule has 1 N–H and O–H groups in total. The van der Waals surface area contributed by atoms with Crippen molar-refractivity contribution in [1.82, 2.24) is 10.2 Å². The smallest absolute Gasteiger partial charge is 0.231 e. The fourth-order valence-electron chi connectivity index (χ4n) is 2.05. The maximum absolute atomic E-state index is 12.0. The Balaban J connectivity index is 1.50. The number of rotatable bonds is 6. The molecule has 0 spiro atoms. The lowest BCUT2D eigenvalue weighted by atomic mass is 10.1. The van der Waals surface area contributed by atoms with Crippen LogP contribution < -0.4 is 14.8 Å². The van der Waals surface area contributed by atoms with Crippen molar-refractivity contribution in [2.45, 2.75) is 36.3 Å². The molecule has 122 valence electrons. The lowest BCUT2D eigenvalue weighted by Crippen LogP contribution is -2.12. The van der Waals surface area contributed by atoms with Gasteiger partial charge in [0.1, 0.15) is 0 Å². The predicted octanol–water partition coefficient (Wildman–Crippen LogP) is 3.34. The number of amides is 1. The van der Waals surface area contributed by atoms with Crippen LogP contribution in [0.15, 0.2) is 22.5 Å². The third-order valence-corrected chi connectivity index (χ3v) is 4.99. The highest BCUT2D eigenvalue weighted by molar-refractivity contribution is 8.01. The Morgan fingerprint density at radius 1 is 1.35 bits per heavy atom. The summed E-state index contributed by atoms with van der Waals surface area (Å²) < 4.78 is 11.5. The van der Waals surface area contributed by atoms with E-state index in [1.807, 2.05) is 18.2 Å². The number of nitrogens with zero attached hydrogens (tertiary/aromatic N) is 2. The van der Waals surface area contributed by atoms with Crippen LogP contribution in [-0.4, -0.2) is 28.1 Å². The van der Waals surface area contributed by atoms with E-state index in [1.165, 1.54) is 11.3 Å². The van der Waals surface area contributed by atoms with Gasteiger partial charge in [-0.2, -0.15) is 0 Å². The van der Waals surface area contributed by atoms with Gasteiger partial charge >= 0.3 is 0 Å². The van der Waals surface area contributed by atoms with Gasteiger partial charge in [0.05, 0.1) is 0 Å². The van der Waals surface area contributed by atoms with Crippen molar-refractivity contribution in [1.29, 1.82) is 0 Å². The van der Waals surface area contributed by atoms with E-state index in [9.17, 15) is 4.79 Å². The number of hydrogen-bond donors (Lipinski definition) is 1. The number of carbonyl (C=O) groups is 1. The number of nitrogens with one attached hydrogen (secondary N) is 1. The highest BCUT2D eigenvalue weighted by Crippen LogP contribution is 2.33. The number of aryl methyl sites for hydroxylation is 1. The summed E-state index contributed by atoms with van der Waals surface area (Å²) in [6.45, 7) is 4.44. The summed E-state index contributed by atoms with van der Waals surface area (Å²) in [6.07, 6.45) is 1.01. The molecule has 1 aliphatic heterocycles. The van der Waals surface area contributed by atoms with Crippen molar-refractivity contribution in [3.63, 3.8) is 0 Å². The summed E-state index contributed by atoms with van der Waals surface area (Å²) in [5.74, 6) is 1.42. The number of ether oxygens (including phenoxy) is 2. The number of carbonyl (C=O) groups excluding carboxylic acids is 1. The Bertz CT molecular complexity index is 703. The van der Waals surface area contributed by atoms with Crippen LogP contribution in [-0.2, 0) is 11.2 Å². The van der Waals surface area contributed by atoms with Gasteiger partial charge in [-0.25, -0.2) is 0 Å². The van der Waals surface area contributed by atoms with Gasteiger partial charge in [-0.05, 0) is 24.1 Å². The van der Waals surface area contributed by atoms with Crippen molar-refractivity contribution < 1.29 is 14.3 Å². The van der Waals surface area contributed by atoms with E-state index >= 15 is 0 Å². The molecule has 1 aromatic carbocycles. The van der Waals surface area contributed by atoms with Gasteiger partial charge in [0.15, 0.2) is 15.8 Å². The molecule has 8 heteroatoms. The molecule has 0 unspecified atom stereocenters. The van der Waals surface area contributed by atoms with Crippen molar-refractivity contribution in [3.05, 3.63) is 23.8 Å². The van der Waals surface area contributed by atoms with Gasteiger partial charge in [-0.15, -0.1) is 10.2 Å². The van der Waals surface area contributed by atoms with Crippen LogP contribution in [0.25, 0.3) is 0 Å². The van der Waals surface area contributed by atoms with Gasteiger partial charge in [0.25, 0.3) is 0 Å². The monoisotopic (exact) mass is 351 g/mol. The minimum Gasteiger partial charge on any atom is -0.454 e. The number of fused-ring (bicyclic) bond motifs is 1. The summed E-state index contributed by atoms with van der Waals surface area (Å²) in [5, 5.41) is 11.8. The van der Waals surface area contributed by atoms with Crippen molar-refractivity contribution in [3.8, 4) is 11.5 Å². The van der Waals surface area contributed by atoms with Gasteiger partial charge in [-0.3, -0.25) is 4.79 Å². The molecule has 2 heterocycles. The zero-order valence-corrected chi connectivity index (χ0v) is 14.5. The Morgan fingerprint density at radius 2 is 2.17 bits per heavy atom. The lowest BCUT2D eigenvalue weighted by molar-refractivity contribution is -0.116. The Kier molecular flexibility index (Phi) is 5.02. The van der Waals surface area contributed by atoms with Gasteiger partial charge in [0, 0.05) is 11.7 Å². The van der Waals surface area contributed by atoms with Crippen molar-refractivity contribution in [2.24, 2.45) is 0 Å². The second kappa shape index (κ2) is 7.18. The standard InChI is InChI=1S/C15H17N3O3S2/c1-9(2)22-15-18-17-14(23-15)16-13(19)6-4-10-3-5-11-12(7-10)21-8-20-11/h3,5,7,9H,4,6,8H2,1-2H3,(H,16,17,19). The minimum absolute atomic E-state index is 0.0695. The van der Waals surface area contributed by atoms with Gasteiger partial charge < -0.3 is 14.8 Å². The van der Waals surface area contributed by atoms with Crippen LogP contribution in [0, 0.1) is 0 Å². The molecule has 1 aliphatic rings. The summed E-state index contributed by atoms with van der Waals surface area (Å²) in [5.41, 5.74) is 1.04. The summed E-state index contributed by atoms with van der Waals surface area (Å²) in [4.78, 5) is 12.0. The van der Waals surface area contributed by atoms with Gasteiger partial charge in [-0.1, -0.05) is 43.0 Å². The first-order chi connectivity index (χ1) is 11.1. The number of hydrogen-bond acceptors (Lipinski definition) is 7. The molecule has 0 aliphatic carbocycles. The maximum atomic E-state index is 12.0. The van der Waals surface area contributed by atoms with E-state index in [0.29, 0.717) is 23.2 Å². The second-order valence-electron chi connectivity index (χ2n) is 5.28. The Morgan fingerprint density at radius 3 is 3.00 bits per heavy atom. The van der Waals surface area contributed by atoms with Crippen LogP contribution in [0.1, 0.15) is 25.8 Å². The quantitative estimate of drug-likeness (QED) is 0.636. The molecule has 0 fully saturated rings. The molecule has 0 radical (unpaired) electrons. The van der Waals surface area contributed by atoms with E-state index in [0.717, 1.165) is 21.4 Å². The topological polar surface area (TPSA) is 73.3 Å². The third-order valence-electron chi connectivity index (χ3n) is 3.07. The number of thioether (sulfide) groups is 1. The Labute approximate surface area is 142 Å². The summed E-state index contributed by atoms with van der Waals surface area (Å²) >= 11 is 3.04. The molecular weight excluding hydrogens is 334 g/mol. The first kappa shape index (κ1) is 16.1. The Hall–Kier alpha value is -1.80. The predicted molar refractivity (Wildman–Crippen MR) is 90.4 cm³/mol. The highest BCUT2D eigenvalue weighted by atomic mass is 32.2. The van der Waals surface area contributed by atoms with E-state index in [2.05, 4.69) is 29.4 Å². The molecule has 0 saturated heterocycles. The first-order valence-electron chi connectivity index (χ1n) is 7.28. The summed E-state index contributed by atoms with van der Waals surface area (Å²) in [7, 11) is 0. The maximum Gasteiger partial charge on any atom is 0.231 e. The minimum atomic E-state index is -0.0695. The number of aromatic nitrogens is 2. The molecule has 2 aromatic rings. The molecule has 1 amide bonds. The molecule has 6 nitrogen and oxygen atoms in total. The highest BCUT2D eigenvalue weighted by Gasteiger charge is 2.14. The van der Waals surface area contributed by atoms with Gasteiger partial charge in [0.2, 0.25) is 17.8 Å². The molecular formula is C15H17N3O3S2. The molecule has 23 heavy (non-hydrogen) atoms. The average Bonchev–Trinajstić information content (AvgIpc) is 3.13. The average molecular weight is 351 g/mol. The number of benzene rings is 1. The van der Waals surface area contributed by atoms with Crippen LogP contribution in [0.5, 0.6) is 11.5 Å². The van der Waals surface area contributed by atoms with E-state index in [-0.39, 0.29) is 12.7 Å². The normalized spacial score (nSPS) is 12.7. The largest absolute Gasteiger partial charge is 0.454 e. The van der Waals surface area contributed by atoms with Crippen molar-refractivity contribution >= 4 is 34.1 Å². The first-order valence-corrected chi connectivity index (χ1v) is 8.98. The zero-order valence-electron chi connectivity index (χ0n) is 12.9. The van der Waals surface area contributed by atoms with Crippen LogP contribution in [0.3, 0.4) is 0 Å². The summed E-state index contributed by atoms with van der Waals surface area (Å²) in [6, 6.07) is 5.73. The lowest BCUT2D eigenvalue weighted by Gasteiger charge is -2.03. The molecule has 1 aromatic heterocycles. The second-order valence-corrected chi connectivity index (χ2v) is 8.08. The van der Waals surface area contributed by atoms with Crippen molar-refractivity contribution in [2.75, 3.05) is 12.1 Å². The van der Waals surface area contributed by atoms with Crippen LogP contribution in [0.2, 0.25) is 0 Å². The van der Waals surface area contributed by atoms with E-state index in [4.69, 9.17) is 9.47 Å². The fraction of sp³-hybridized carbons (Fsp3) is 0.400. The SMILES string of the molecule is CC(C)Sc1nnc(NC(=O)CCc2ccc3c(c2)OCO3)s1. The van der Waals surface area contributed by atoms with Crippen LogP contribution in [0.4, 0.5) is 5.13 Å². The zero-order chi connectivity index (χ0) is 16.2.